The number of likely N-dealkylation sites (tertiary alicyclic amines) is 1. The quantitative estimate of drug-likeness (QED) is 0.783. The highest BCUT2D eigenvalue weighted by molar-refractivity contribution is 6.33. The number of hydrogen-bond acceptors (Lipinski definition) is 5. The van der Waals surface area contributed by atoms with Gasteiger partial charge in [0, 0.05) is 49.8 Å². The van der Waals surface area contributed by atoms with E-state index in [-0.39, 0.29) is 17.6 Å². The molecular weight excluding hydrogens is 412 g/mol. The van der Waals surface area contributed by atoms with Gasteiger partial charge in [-0.2, -0.15) is 0 Å². The van der Waals surface area contributed by atoms with Crippen LogP contribution in [-0.4, -0.2) is 57.7 Å². The summed E-state index contributed by atoms with van der Waals surface area (Å²) in [5, 5.41) is 10.4. The summed E-state index contributed by atoms with van der Waals surface area (Å²) in [6, 6.07) is 6.13. The molecule has 2 aromatic heterocycles. The molecule has 1 atom stereocenters. The maximum Gasteiger partial charge on any atom is 0.230 e. The molecule has 1 N–H and O–H groups in total. The van der Waals surface area contributed by atoms with E-state index in [2.05, 4.69) is 14.8 Å². The Labute approximate surface area is 188 Å². The molecule has 0 aromatic carbocycles. The van der Waals surface area contributed by atoms with Crippen LogP contribution < -0.4 is 4.90 Å². The Bertz CT molecular complexity index is 948. The number of hydrogen-bond donors (Lipinski definition) is 1. The highest BCUT2D eigenvalue weighted by atomic mass is 35.5. The van der Waals surface area contributed by atoms with Crippen LogP contribution in [0.4, 0.5) is 5.82 Å². The first-order valence-electron chi connectivity index (χ1n) is 11.4. The van der Waals surface area contributed by atoms with Crippen molar-refractivity contribution in [2.75, 3.05) is 24.5 Å². The van der Waals surface area contributed by atoms with E-state index >= 15 is 0 Å². The molecule has 0 radical (unpaired) electrons. The number of piperidine rings is 1. The van der Waals surface area contributed by atoms with E-state index in [1.807, 2.05) is 24.4 Å². The molecule has 3 aliphatic rings. The van der Waals surface area contributed by atoms with Crippen LogP contribution in [0.3, 0.4) is 0 Å². The number of carbonyl (C=O) groups excluding carboxylic acids is 1. The molecule has 1 aliphatic carbocycles. The normalized spacial score (nSPS) is 29.0. The summed E-state index contributed by atoms with van der Waals surface area (Å²) in [6.45, 7) is 2.38. The van der Waals surface area contributed by atoms with Crippen molar-refractivity contribution in [2.45, 2.75) is 57.1 Å². The van der Waals surface area contributed by atoms with Crippen LogP contribution in [0.25, 0.3) is 11.1 Å². The molecule has 1 amide bonds. The summed E-state index contributed by atoms with van der Waals surface area (Å²) in [5.41, 5.74) is 1.67. The number of carbonyl (C=O) groups is 1. The third-order valence-corrected chi connectivity index (χ3v) is 7.64. The molecule has 6 nitrogen and oxygen atoms in total. The van der Waals surface area contributed by atoms with E-state index in [1.54, 1.807) is 12.4 Å². The van der Waals surface area contributed by atoms with Gasteiger partial charge in [-0.15, -0.1) is 0 Å². The van der Waals surface area contributed by atoms with Gasteiger partial charge in [0.2, 0.25) is 5.91 Å². The van der Waals surface area contributed by atoms with E-state index < -0.39 is 0 Å². The first kappa shape index (κ1) is 20.7. The lowest BCUT2D eigenvalue weighted by atomic mass is 9.78. The van der Waals surface area contributed by atoms with E-state index in [1.165, 1.54) is 0 Å². The molecule has 7 heteroatoms. The first-order valence-corrected chi connectivity index (χ1v) is 11.7. The minimum atomic E-state index is -0.330. The number of amides is 1. The second kappa shape index (κ2) is 8.40. The Hall–Kier alpha value is -2.18. The average molecular weight is 441 g/mol. The summed E-state index contributed by atoms with van der Waals surface area (Å²) >= 11 is 6.67. The van der Waals surface area contributed by atoms with Crippen molar-refractivity contribution in [3.63, 3.8) is 0 Å². The zero-order valence-electron chi connectivity index (χ0n) is 17.7. The molecule has 0 bridgehead atoms. The molecule has 1 unspecified atom stereocenters. The van der Waals surface area contributed by atoms with Gasteiger partial charge in [0.25, 0.3) is 0 Å². The lowest BCUT2D eigenvalue weighted by molar-refractivity contribution is -0.139. The van der Waals surface area contributed by atoms with Crippen molar-refractivity contribution in [3.8, 4) is 11.1 Å². The maximum atomic E-state index is 13.5. The van der Waals surface area contributed by atoms with Gasteiger partial charge in [-0.05, 0) is 68.7 Å². The lowest BCUT2D eigenvalue weighted by Gasteiger charge is -2.41. The van der Waals surface area contributed by atoms with Gasteiger partial charge >= 0.3 is 0 Å². The van der Waals surface area contributed by atoms with Crippen LogP contribution in [0.15, 0.2) is 36.8 Å². The summed E-state index contributed by atoms with van der Waals surface area (Å²) in [5.74, 6) is 1.06. The average Bonchev–Trinajstić information content (AvgIpc) is 3.10. The number of nitrogens with zero attached hydrogens (tertiary/aromatic N) is 4. The summed E-state index contributed by atoms with van der Waals surface area (Å²) in [6.07, 6.45) is 11.4. The fourth-order valence-electron chi connectivity index (χ4n) is 5.62. The van der Waals surface area contributed by atoms with E-state index in [0.29, 0.717) is 17.5 Å². The highest BCUT2D eigenvalue weighted by Gasteiger charge is 2.51. The molecule has 1 saturated carbocycles. The Morgan fingerprint density at radius 3 is 2.58 bits per heavy atom. The lowest BCUT2D eigenvalue weighted by Crippen LogP contribution is -2.50. The number of pyridine rings is 2. The second-order valence-electron chi connectivity index (χ2n) is 9.28. The smallest absolute Gasteiger partial charge is 0.230 e. The number of aliphatic hydroxyl groups excluding tert-OH is 1. The van der Waals surface area contributed by atoms with E-state index in [0.717, 1.165) is 75.0 Å². The Kier molecular flexibility index (Phi) is 5.61. The number of rotatable bonds is 3. The fourth-order valence-corrected chi connectivity index (χ4v) is 5.91. The van der Waals surface area contributed by atoms with Gasteiger partial charge in [0.1, 0.15) is 5.82 Å². The van der Waals surface area contributed by atoms with Gasteiger partial charge in [-0.3, -0.25) is 9.78 Å². The molecular formula is C24H29ClN4O2. The largest absolute Gasteiger partial charge is 0.393 e. The van der Waals surface area contributed by atoms with E-state index in [9.17, 15) is 9.90 Å². The Morgan fingerprint density at radius 1 is 1.06 bits per heavy atom. The van der Waals surface area contributed by atoms with Crippen molar-refractivity contribution in [1.29, 1.82) is 0 Å². The fraction of sp³-hybridized carbons (Fsp3) is 0.542. The number of halogens is 1. The summed E-state index contributed by atoms with van der Waals surface area (Å²) in [4.78, 5) is 26.6. The SMILES string of the molecule is O=C1N([C@H]2CC[C@H](O)CC2)CCC12CCCN(c1ncc(-c3ccncc3)cc1Cl)C2. The minimum Gasteiger partial charge on any atom is -0.393 e. The van der Waals surface area contributed by atoms with Crippen LogP contribution in [0, 0.1) is 5.41 Å². The number of aliphatic hydroxyl groups is 1. The molecule has 4 heterocycles. The number of anilines is 1. The van der Waals surface area contributed by atoms with Gasteiger partial charge in [0.05, 0.1) is 16.5 Å². The highest BCUT2D eigenvalue weighted by Crippen LogP contribution is 2.44. The minimum absolute atomic E-state index is 0.198. The van der Waals surface area contributed by atoms with Crippen molar-refractivity contribution in [3.05, 3.63) is 41.8 Å². The van der Waals surface area contributed by atoms with Crippen LogP contribution >= 0.6 is 11.6 Å². The predicted octanol–water partition coefficient (Wildman–Crippen LogP) is 3.92. The van der Waals surface area contributed by atoms with Crippen molar-refractivity contribution in [1.82, 2.24) is 14.9 Å². The van der Waals surface area contributed by atoms with Crippen molar-refractivity contribution >= 4 is 23.3 Å². The summed E-state index contributed by atoms with van der Waals surface area (Å²) < 4.78 is 0. The molecule has 164 valence electrons. The van der Waals surface area contributed by atoms with Crippen LogP contribution in [0.5, 0.6) is 0 Å². The second-order valence-corrected chi connectivity index (χ2v) is 9.69. The first-order chi connectivity index (χ1) is 15.1. The van der Waals surface area contributed by atoms with Crippen LogP contribution in [0.2, 0.25) is 5.02 Å². The van der Waals surface area contributed by atoms with E-state index in [4.69, 9.17) is 16.6 Å². The molecule has 3 fully saturated rings. The maximum absolute atomic E-state index is 13.5. The molecule has 2 saturated heterocycles. The molecule has 1 spiro atoms. The van der Waals surface area contributed by atoms with Gasteiger partial charge in [-0.25, -0.2) is 4.98 Å². The van der Waals surface area contributed by atoms with Gasteiger partial charge < -0.3 is 14.9 Å². The Balaban J connectivity index is 1.33. The molecule has 2 aromatic rings. The van der Waals surface area contributed by atoms with Gasteiger partial charge in [0.15, 0.2) is 0 Å². The topological polar surface area (TPSA) is 69.6 Å². The standard InChI is InChI=1S/C24H29ClN4O2/c25-21-14-18(17-6-10-26-11-7-17)15-27-22(21)28-12-1-8-24(16-28)9-13-29(23(24)31)19-2-4-20(30)5-3-19/h6-7,10-11,14-15,19-20,30H,1-5,8-9,12-13,16H2/t19-,20-,24?. The summed E-state index contributed by atoms with van der Waals surface area (Å²) in [7, 11) is 0. The van der Waals surface area contributed by atoms with Crippen molar-refractivity contribution in [2.24, 2.45) is 5.41 Å². The van der Waals surface area contributed by atoms with Crippen LogP contribution in [0.1, 0.15) is 44.9 Å². The third kappa shape index (κ3) is 3.92. The van der Waals surface area contributed by atoms with Crippen LogP contribution in [-0.2, 0) is 4.79 Å². The predicted molar refractivity (Wildman–Crippen MR) is 121 cm³/mol. The monoisotopic (exact) mass is 440 g/mol. The zero-order chi connectivity index (χ0) is 21.4. The number of aromatic nitrogens is 2. The zero-order valence-corrected chi connectivity index (χ0v) is 18.5. The molecule has 2 aliphatic heterocycles. The van der Waals surface area contributed by atoms with Crippen molar-refractivity contribution < 1.29 is 9.90 Å². The van der Waals surface area contributed by atoms with Gasteiger partial charge in [-0.1, -0.05) is 11.6 Å². The Morgan fingerprint density at radius 2 is 1.84 bits per heavy atom. The molecule has 5 rings (SSSR count). The molecule has 31 heavy (non-hydrogen) atoms. The third-order valence-electron chi connectivity index (χ3n) is 7.36.